The van der Waals surface area contributed by atoms with Crippen molar-refractivity contribution in [3.8, 4) is 0 Å². The van der Waals surface area contributed by atoms with Gasteiger partial charge < -0.3 is 0 Å². The van der Waals surface area contributed by atoms with Gasteiger partial charge in [0.05, 0.1) is 11.3 Å². The zero-order valence-corrected chi connectivity index (χ0v) is 18.1. The van der Waals surface area contributed by atoms with E-state index in [1.807, 2.05) is 18.2 Å². The average Bonchev–Trinajstić information content (AvgIpc) is 2.97. The molecule has 0 unspecified atom stereocenters. The number of nitrogens with zero attached hydrogens (tertiary/aromatic N) is 3. The van der Waals surface area contributed by atoms with E-state index in [0.29, 0.717) is 27.5 Å². The molecule has 0 N–H and O–H groups in total. The Morgan fingerprint density at radius 3 is 2.57 bits per heavy atom. The first-order valence-corrected chi connectivity index (χ1v) is 10.7. The van der Waals surface area contributed by atoms with Gasteiger partial charge in [0.15, 0.2) is 0 Å². The van der Waals surface area contributed by atoms with E-state index in [1.54, 1.807) is 48.7 Å². The molecule has 2 aliphatic heterocycles. The fourth-order valence-corrected chi connectivity index (χ4v) is 5.69. The number of hydrogen-bond acceptors (Lipinski definition) is 5. The molecule has 1 atom stereocenters. The Kier molecular flexibility index (Phi) is 4.30. The van der Waals surface area contributed by atoms with Crippen molar-refractivity contribution in [2.24, 2.45) is 0 Å². The molecule has 0 saturated carbocycles. The molecule has 3 amide bonds. The first-order valence-electron chi connectivity index (χ1n) is 9.14. The van der Waals surface area contributed by atoms with E-state index in [0.717, 1.165) is 9.37 Å². The van der Waals surface area contributed by atoms with Gasteiger partial charge in [-0.15, -0.1) is 0 Å². The first kappa shape index (κ1) is 19.0. The number of carbonyl (C=O) groups is 3. The third kappa shape index (κ3) is 2.50. The third-order valence-corrected chi connectivity index (χ3v) is 7.04. The molecule has 3 aromatic rings. The van der Waals surface area contributed by atoms with Gasteiger partial charge in [-0.1, -0.05) is 45.9 Å². The summed E-state index contributed by atoms with van der Waals surface area (Å²) in [5, 5.41) is 0.458. The van der Waals surface area contributed by atoms with Gasteiger partial charge >= 0.3 is 0 Å². The van der Waals surface area contributed by atoms with Gasteiger partial charge in [0, 0.05) is 28.8 Å². The number of aromatic nitrogens is 1. The van der Waals surface area contributed by atoms with Gasteiger partial charge in [-0.2, -0.15) is 0 Å². The summed E-state index contributed by atoms with van der Waals surface area (Å²) in [6.07, 6.45) is 1.59. The lowest BCUT2D eigenvalue weighted by Crippen LogP contribution is -2.56. The van der Waals surface area contributed by atoms with Crippen LogP contribution in [0.4, 0.5) is 11.4 Å². The van der Waals surface area contributed by atoms with E-state index >= 15 is 0 Å². The van der Waals surface area contributed by atoms with E-state index < -0.39 is 16.7 Å². The van der Waals surface area contributed by atoms with Crippen molar-refractivity contribution < 1.29 is 14.4 Å². The number of amides is 3. The molecule has 0 radical (unpaired) electrons. The van der Waals surface area contributed by atoms with Crippen LogP contribution in [0.5, 0.6) is 0 Å². The molecule has 5 rings (SSSR count). The van der Waals surface area contributed by atoms with Crippen LogP contribution in [0.3, 0.4) is 0 Å². The Labute approximate surface area is 185 Å². The quantitative estimate of drug-likeness (QED) is 0.518. The van der Waals surface area contributed by atoms with Gasteiger partial charge in [0.2, 0.25) is 10.8 Å². The summed E-state index contributed by atoms with van der Waals surface area (Å²) in [4.78, 5) is 45.6. The molecule has 30 heavy (non-hydrogen) atoms. The molecule has 148 valence electrons. The van der Waals surface area contributed by atoms with E-state index in [9.17, 15) is 14.4 Å². The van der Waals surface area contributed by atoms with Gasteiger partial charge in [0.25, 0.3) is 11.8 Å². The Hall–Kier alpha value is -2.97. The van der Waals surface area contributed by atoms with Crippen molar-refractivity contribution in [2.45, 2.75) is 16.8 Å². The summed E-state index contributed by atoms with van der Waals surface area (Å²) in [6.45, 7) is 1.34. The molecular formula is C22H14BrN3O3S. The normalized spacial score (nSPS) is 19.8. The predicted molar refractivity (Wildman–Crippen MR) is 117 cm³/mol. The van der Waals surface area contributed by atoms with Crippen molar-refractivity contribution in [1.82, 2.24) is 4.98 Å². The maximum absolute atomic E-state index is 13.9. The number of fused-ring (bicyclic) bond motifs is 3. The zero-order chi connectivity index (χ0) is 21.0. The van der Waals surface area contributed by atoms with E-state index in [-0.39, 0.29) is 5.91 Å². The number of imide groups is 1. The number of para-hydroxylation sites is 1. The molecule has 1 spiro atoms. The summed E-state index contributed by atoms with van der Waals surface area (Å²) in [5.41, 5.74) is 2.02. The van der Waals surface area contributed by atoms with Crippen LogP contribution in [0.25, 0.3) is 0 Å². The van der Waals surface area contributed by atoms with Crippen molar-refractivity contribution in [2.75, 3.05) is 9.80 Å². The summed E-state index contributed by atoms with van der Waals surface area (Å²) in [7, 11) is 0. The maximum Gasteiger partial charge on any atom is 0.275 e. The lowest BCUT2D eigenvalue weighted by atomic mass is 10.0. The van der Waals surface area contributed by atoms with Crippen LogP contribution in [0.1, 0.15) is 22.8 Å². The lowest BCUT2D eigenvalue weighted by molar-refractivity contribution is -0.126. The fraction of sp³-hybridized carbons (Fsp3) is 0.0909. The number of rotatable bonds is 1. The Morgan fingerprint density at radius 1 is 1.07 bits per heavy atom. The Balaban J connectivity index is 1.87. The van der Waals surface area contributed by atoms with E-state index in [1.165, 1.54) is 23.6 Å². The topological polar surface area (TPSA) is 70.6 Å². The molecule has 0 aliphatic carbocycles. The molecular weight excluding hydrogens is 466 g/mol. The number of halogens is 1. The first-order chi connectivity index (χ1) is 14.4. The SMILES string of the molecule is CC(=O)N1C(=O)[C@]2(Sc3ncccc3C(=O)N2c2ccccc2)c2cc(Br)ccc21. The fourth-order valence-electron chi connectivity index (χ4n) is 3.94. The summed E-state index contributed by atoms with van der Waals surface area (Å²) in [5.74, 6) is -1.23. The molecule has 0 bridgehead atoms. The highest BCUT2D eigenvalue weighted by atomic mass is 79.9. The minimum atomic E-state index is -1.48. The Morgan fingerprint density at radius 2 is 1.83 bits per heavy atom. The molecule has 8 heteroatoms. The van der Waals surface area contributed by atoms with Gasteiger partial charge in [0.1, 0.15) is 5.03 Å². The predicted octanol–water partition coefficient (Wildman–Crippen LogP) is 4.34. The van der Waals surface area contributed by atoms with Crippen molar-refractivity contribution >= 4 is 56.8 Å². The van der Waals surface area contributed by atoms with Crippen LogP contribution in [-0.2, 0) is 14.5 Å². The minimum Gasteiger partial charge on any atom is -0.280 e. The highest BCUT2D eigenvalue weighted by Crippen LogP contribution is 2.57. The molecule has 2 aliphatic rings. The largest absolute Gasteiger partial charge is 0.280 e. The van der Waals surface area contributed by atoms with Gasteiger partial charge in [-0.3, -0.25) is 19.3 Å². The second kappa shape index (κ2) is 6.78. The van der Waals surface area contributed by atoms with Crippen molar-refractivity contribution in [1.29, 1.82) is 0 Å². The van der Waals surface area contributed by atoms with Crippen LogP contribution in [0.15, 0.2) is 76.4 Å². The summed E-state index contributed by atoms with van der Waals surface area (Å²) < 4.78 is 0.742. The molecule has 1 aromatic heterocycles. The van der Waals surface area contributed by atoms with Gasteiger partial charge in [-0.25, -0.2) is 9.88 Å². The van der Waals surface area contributed by atoms with Crippen LogP contribution < -0.4 is 9.80 Å². The monoisotopic (exact) mass is 479 g/mol. The highest BCUT2D eigenvalue weighted by molar-refractivity contribution is 9.10. The second-order valence-electron chi connectivity index (χ2n) is 6.90. The number of carbonyl (C=O) groups excluding carboxylic acids is 3. The standard InChI is InChI=1S/C22H14BrN3O3S/c1-13(27)25-18-10-9-14(23)12-17(18)22(21(25)29)26(15-6-3-2-4-7-15)20(28)16-8-5-11-24-19(16)30-22/h2-12H,1H3/t22-/m1/s1. The van der Waals surface area contributed by atoms with Crippen molar-refractivity contribution in [3.05, 3.63) is 82.5 Å². The summed E-state index contributed by atoms with van der Waals surface area (Å²) in [6, 6.07) is 17.7. The highest BCUT2D eigenvalue weighted by Gasteiger charge is 2.61. The van der Waals surface area contributed by atoms with Crippen LogP contribution >= 0.6 is 27.7 Å². The number of anilines is 2. The number of thioether (sulfide) groups is 1. The molecule has 6 nitrogen and oxygen atoms in total. The number of hydrogen-bond donors (Lipinski definition) is 0. The van der Waals surface area contributed by atoms with Crippen LogP contribution in [0.2, 0.25) is 0 Å². The summed E-state index contributed by atoms with van der Waals surface area (Å²) >= 11 is 4.66. The molecule has 2 aromatic carbocycles. The lowest BCUT2D eigenvalue weighted by Gasteiger charge is -2.42. The molecule has 0 saturated heterocycles. The molecule has 3 heterocycles. The molecule has 0 fully saturated rings. The van der Waals surface area contributed by atoms with Crippen LogP contribution in [0, 0.1) is 0 Å². The number of pyridine rings is 1. The van der Waals surface area contributed by atoms with Crippen molar-refractivity contribution in [3.63, 3.8) is 0 Å². The second-order valence-corrected chi connectivity index (χ2v) is 9.00. The number of benzene rings is 2. The third-order valence-electron chi connectivity index (χ3n) is 5.15. The van der Waals surface area contributed by atoms with E-state index in [2.05, 4.69) is 20.9 Å². The smallest absolute Gasteiger partial charge is 0.275 e. The van der Waals surface area contributed by atoms with Crippen LogP contribution in [-0.4, -0.2) is 22.7 Å². The average molecular weight is 480 g/mol. The Bertz CT molecular complexity index is 1230. The van der Waals surface area contributed by atoms with Gasteiger partial charge in [-0.05, 0) is 42.5 Å². The van der Waals surface area contributed by atoms with E-state index in [4.69, 9.17) is 0 Å². The zero-order valence-electron chi connectivity index (χ0n) is 15.7. The minimum absolute atomic E-state index is 0.340. The maximum atomic E-state index is 13.9.